The summed E-state index contributed by atoms with van der Waals surface area (Å²) in [5.74, 6) is 1.51. The number of rotatable bonds is 5. The van der Waals surface area contributed by atoms with Crippen molar-refractivity contribution in [1.82, 2.24) is 4.90 Å². The van der Waals surface area contributed by atoms with Crippen molar-refractivity contribution < 1.29 is 4.74 Å². The minimum Gasteiger partial charge on any atom is -0.378 e. The third kappa shape index (κ3) is 4.06. The molecule has 1 fully saturated rings. The Morgan fingerprint density at radius 2 is 1.62 bits per heavy atom. The van der Waals surface area contributed by atoms with Gasteiger partial charge in [0.25, 0.3) is 0 Å². The topological polar surface area (TPSA) is 12.5 Å². The number of hydrogen-bond acceptors (Lipinski definition) is 2. The van der Waals surface area contributed by atoms with Gasteiger partial charge in [0, 0.05) is 26.7 Å². The average molecular weight is 227 g/mol. The summed E-state index contributed by atoms with van der Waals surface area (Å²) in [4.78, 5) is 2.59. The van der Waals surface area contributed by atoms with Crippen molar-refractivity contribution in [2.45, 2.75) is 52.6 Å². The number of nitrogens with zero attached hydrogens (tertiary/aromatic N) is 1. The lowest BCUT2D eigenvalue weighted by molar-refractivity contribution is -0.0710. The van der Waals surface area contributed by atoms with Gasteiger partial charge in [-0.25, -0.2) is 0 Å². The van der Waals surface area contributed by atoms with Crippen molar-refractivity contribution in [3.05, 3.63) is 0 Å². The second kappa shape index (κ2) is 6.02. The Morgan fingerprint density at radius 3 is 2.00 bits per heavy atom. The first kappa shape index (κ1) is 14.0. The predicted molar refractivity (Wildman–Crippen MR) is 69.7 cm³/mol. The first-order valence-corrected chi connectivity index (χ1v) is 6.75. The zero-order valence-corrected chi connectivity index (χ0v) is 11.8. The van der Waals surface area contributed by atoms with E-state index in [1.54, 1.807) is 0 Å². The predicted octanol–water partition coefficient (Wildman–Crippen LogP) is 3.17. The molecule has 0 bridgehead atoms. The molecule has 1 aliphatic heterocycles. The lowest BCUT2D eigenvalue weighted by atomic mass is 9.83. The molecule has 0 amide bonds. The van der Waals surface area contributed by atoms with Crippen molar-refractivity contribution in [3.8, 4) is 0 Å². The van der Waals surface area contributed by atoms with Crippen molar-refractivity contribution in [2.24, 2.45) is 11.8 Å². The van der Waals surface area contributed by atoms with Gasteiger partial charge < -0.3 is 9.64 Å². The summed E-state index contributed by atoms with van der Waals surface area (Å²) in [6.45, 7) is 12.8. The fraction of sp³-hybridized carbons (Fsp3) is 1.00. The highest BCUT2D eigenvalue weighted by molar-refractivity contribution is 4.88. The number of hydrogen-bond donors (Lipinski definition) is 0. The Morgan fingerprint density at radius 1 is 1.06 bits per heavy atom. The van der Waals surface area contributed by atoms with Gasteiger partial charge in [0.1, 0.15) is 0 Å². The minimum atomic E-state index is 0.168. The van der Waals surface area contributed by atoms with E-state index in [2.05, 4.69) is 32.6 Å². The highest BCUT2D eigenvalue weighted by Gasteiger charge is 2.34. The SMILES string of the molecule is COC1(CC(C)C)CCN(CC(C)C)CC1. The van der Waals surface area contributed by atoms with E-state index in [1.165, 1.54) is 38.9 Å². The third-order valence-corrected chi connectivity index (χ3v) is 3.60. The van der Waals surface area contributed by atoms with Crippen LogP contribution < -0.4 is 0 Å². The Kier molecular flexibility index (Phi) is 5.26. The van der Waals surface area contributed by atoms with Crippen LogP contribution in [0.15, 0.2) is 0 Å². The summed E-state index contributed by atoms with van der Waals surface area (Å²) in [6.07, 6.45) is 3.61. The minimum absolute atomic E-state index is 0.168. The van der Waals surface area contributed by atoms with Gasteiger partial charge in [-0.2, -0.15) is 0 Å². The van der Waals surface area contributed by atoms with E-state index in [0.29, 0.717) is 0 Å². The summed E-state index contributed by atoms with van der Waals surface area (Å²) in [5.41, 5.74) is 0.168. The molecular weight excluding hydrogens is 198 g/mol. The largest absolute Gasteiger partial charge is 0.378 e. The molecule has 1 saturated heterocycles. The number of ether oxygens (including phenoxy) is 1. The summed E-state index contributed by atoms with van der Waals surface area (Å²) in [5, 5.41) is 0. The van der Waals surface area contributed by atoms with E-state index in [4.69, 9.17) is 4.74 Å². The molecule has 16 heavy (non-hydrogen) atoms. The molecule has 0 spiro atoms. The zero-order chi connectivity index (χ0) is 12.2. The van der Waals surface area contributed by atoms with Crippen LogP contribution in [0.4, 0.5) is 0 Å². The first-order chi connectivity index (χ1) is 7.47. The Hall–Kier alpha value is -0.0800. The first-order valence-electron chi connectivity index (χ1n) is 6.75. The van der Waals surface area contributed by atoms with Crippen LogP contribution in [-0.2, 0) is 4.74 Å². The van der Waals surface area contributed by atoms with Crippen LogP contribution in [0.25, 0.3) is 0 Å². The highest BCUT2D eigenvalue weighted by Crippen LogP contribution is 2.32. The molecule has 0 saturated carbocycles. The van der Waals surface area contributed by atoms with Gasteiger partial charge in [0.05, 0.1) is 5.60 Å². The second-order valence-corrected chi connectivity index (χ2v) is 6.18. The zero-order valence-electron chi connectivity index (χ0n) is 11.8. The molecule has 0 N–H and O–H groups in total. The van der Waals surface area contributed by atoms with Gasteiger partial charge in [-0.3, -0.25) is 0 Å². The molecule has 2 heteroatoms. The maximum atomic E-state index is 5.82. The molecule has 0 aromatic carbocycles. The molecule has 1 rings (SSSR count). The molecule has 0 radical (unpaired) electrons. The van der Waals surface area contributed by atoms with Crippen molar-refractivity contribution in [2.75, 3.05) is 26.7 Å². The summed E-state index contributed by atoms with van der Waals surface area (Å²) < 4.78 is 5.82. The van der Waals surface area contributed by atoms with Gasteiger partial charge >= 0.3 is 0 Å². The van der Waals surface area contributed by atoms with E-state index in [9.17, 15) is 0 Å². The van der Waals surface area contributed by atoms with Crippen LogP contribution in [0.2, 0.25) is 0 Å². The molecule has 0 atom stereocenters. The maximum absolute atomic E-state index is 5.82. The lowest BCUT2D eigenvalue weighted by Crippen LogP contribution is -2.47. The molecule has 0 aromatic heterocycles. The van der Waals surface area contributed by atoms with E-state index >= 15 is 0 Å². The maximum Gasteiger partial charge on any atom is 0.0705 e. The number of likely N-dealkylation sites (tertiary alicyclic amines) is 1. The molecule has 0 aromatic rings. The number of piperidine rings is 1. The van der Waals surface area contributed by atoms with E-state index in [0.717, 1.165) is 11.8 Å². The average Bonchev–Trinajstić information content (AvgIpc) is 2.20. The van der Waals surface area contributed by atoms with Gasteiger partial charge in [-0.1, -0.05) is 27.7 Å². The Labute approximate surface area is 101 Å². The molecule has 1 heterocycles. The summed E-state index contributed by atoms with van der Waals surface area (Å²) in [6, 6.07) is 0. The van der Waals surface area contributed by atoms with Crippen molar-refractivity contribution >= 4 is 0 Å². The molecule has 0 aliphatic carbocycles. The number of methoxy groups -OCH3 is 1. The van der Waals surface area contributed by atoms with Crippen molar-refractivity contribution in [3.63, 3.8) is 0 Å². The Balaban J connectivity index is 2.44. The molecular formula is C14H29NO. The molecule has 1 aliphatic rings. The van der Waals surface area contributed by atoms with Crippen LogP contribution in [0.3, 0.4) is 0 Å². The standard InChI is InChI=1S/C14H29NO/c1-12(2)10-14(16-5)6-8-15(9-7-14)11-13(3)4/h12-13H,6-11H2,1-5H3. The van der Waals surface area contributed by atoms with Crippen LogP contribution in [0.1, 0.15) is 47.0 Å². The fourth-order valence-corrected chi connectivity index (χ4v) is 2.90. The quantitative estimate of drug-likeness (QED) is 0.715. The van der Waals surface area contributed by atoms with Crippen LogP contribution in [0, 0.1) is 11.8 Å². The molecule has 0 unspecified atom stereocenters. The molecule has 2 nitrogen and oxygen atoms in total. The van der Waals surface area contributed by atoms with Crippen LogP contribution in [-0.4, -0.2) is 37.2 Å². The smallest absolute Gasteiger partial charge is 0.0705 e. The van der Waals surface area contributed by atoms with E-state index in [1.807, 2.05) is 7.11 Å². The monoisotopic (exact) mass is 227 g/mol. The second-order valence-electron chi connectivity index (χ2n) is 6.18. The Bertz CT molecular complexity index is 193. The van der Waals surface area contributed by atoms with Crippen LogP contribution in [0.5, 0.6) is 0 Å². The fourth-order valence-electron chi connectivity index (χ4n) is 2.90. The molecule has 96 valence electrons. The summed E-state index contributed by atoms with van der Waals surface area (Å²) in [7, 11) is 1.89. The van der Waals surface area contributed by atoms with E-state index in [-0.39, 0.29) is 5.60 Å². The van der Waals surface area contributed by atoms with Gasteiger partial charge in [0.15, 0.2) is 0 Å². The highest BCUT2D eigenvalue weighted by atomic mass is 16.5. The van der Waals surface area contributed by atoms with Gasteiger partial charge in [-0.15, -0.1) is 0 Å². The van der Waals surface area contributed by atoms with Crippen molar-refractivity contribution in [1.29, 1.82) is 0 Å². The summed E-state index contributed by atoms with van der Waals surface area (Å²) >= 11 is 0. The normalized spacial score (nSPS) is 21.9. The van der Waals surface area contributed by atoms with Gasteiger partial charge in [0.2, 0.25) is 0 Å². The lowest BCUT2D eigenvalue weighted by Gasteiger charge is -2.42. The van der Waals surface area contributed by atoms with Crippen LogP contribution >= 0.6 is 0 Å². The third-order valence-electron chi connectivity index (χ3n) is 3.60. The van der Waals surface area contributed by atoms with E-state index < -0.39 is 0 Å². The van der Waals surface area contributed by atoms with Gasteiger partial charge in [-0.05, 0) is 31.1 Å².